The molecular formula is C26H27ClN6O9. The van der Waals surface area contributed by atoms with Crippen LogP contribution >= 0.6 is 11.6 Å². The zero-order valence-electron chi connectivity index (χ0n) is 22.9. The molecule has 222 valence electrons. The van der Waals surface area contributed by atoms with Crippen LogP contribution in [0.1, 0.15) is 39.5 Å². The molecule has 15 nitrogen and oxygen atoms in total. The van der Waals surface area contributed by atoms with E-state index in [1.807, 2.05) is 6.07 Å². The van der Waals surface area contributed by atoms with E-state index >= 15 is 0 Å². The average molecular weight is 603 g/mol. The Morgan fingerprint density at radius 1 is 0.905 bits per heavy atom. The van der Waals surface area contributed by atoms with Crippen LogP contribution in [0, 0.1) is 0 Å². The quantitative estimate of drug-likeness (QED) is 0.215. The minimum Gasteiger partial charge on any atom is -0.455 e. The predicted molar refractivity (Wildman–Crippen MR) is 143 cm³/mol. The number of ether oxygens (including phenoxy) is 4. The van der Waals surface area contributed by atoms with Gasteiger partial charge in [0, 0.05) is 34.2 Å². The van der Waals surface area contributed by atoms with Crippen molar-refractivity contribution in [2.24, 2.45) is 0 Å². The van der Waals surface area contributed by atoms with Crippen LogP contribution in [0.15, 0.2) is 36.7 Å². The lowest BCUT2D eigenvalue weighted by Gasteiger charge is -2.44. The first-order valence-corrected chi connectivity index (χ1v) is 13.0. The lowest BCUT2D eigenvalue weighted by molar-refractivity contribution is -0.258. The van der Waals surface area contributed by atoms with Crippen LogP contribution in [-0.2, 0) is 49.5 Å². The molecule has 0 radical (unpaired) electrons. The molecule has 0 bridgehead atoms. The van der Waals surface area contributed by atoms with Crippen LogP contribution in [-0.4, -0.2) is 73.7 Å². The molecular weight excluding hydrogens is 576 g/mol. The molecule has 3 heterocycles. The second kappa shape index (κ2) is 12.9. The van der Waals surface area contributed by atoms with E-state index < -0.39 is 60.4 Å². The summed E-state index contributed by atoms with van der Waals surface area (Å²) >= 11 is 6.44. The number of hydrogen-bond donors (Lipinski definition) is 2. The molecule has 16 heteroatoms. The van der Waals surface area contributed by atoms with Gasteiger partial charge in [0.15, 0.2) is 41.4 Å². The van der Waals surface area contributed by atoms with Crippen molar-refractivity contribution in [2.75, 3.05) is 5.32 Å². The highest BCUT2D eigenvalue weighted by molar-refractivity contribution is 6.33. The number of imidazole rings is 1. The Balaban J connectivity index is 1.80. The van der Waals surface area contributed by atoms with E-state index in [9.17, 15) is 24.0 Å². The molecule has 5 atom stereocenters. The fourth-order valence-corrected chi connectivity index (χ4v) is 4.68. The van der Waals surface area contributed by atoms with Gasteiger partial charge in [-0.1, -0.05) is 41.9 Å². The van der Waals surface area contributed by atoms with Gasteiger partial charge >= 0.3 is 17.9 Å². The Morgan fingerprint density at radius 2 is 1.52 bits per heavy atom. The third-order valence-electron chi connectivity index (χ3n) is 5.93. The molecule has 0 saturated carbocycles. The van der Waals surface area contributed by atoms with Crippen LogP contribution in [0.3, 0.4) is 0 Å². The van der Waals surface area contributed by atoms with Crippen molar-refractivity contribution in [3.8, 4) is 0 Å². The van der Waals surface area contributed by atoms with E-state index in [1.165, 1.54) is 17.8 Å². The molecule has 1 aliphatic rings. The molecule has 1 fully saturated rings. The number of esters is 3. The van der Waals surface area contributed by atoms with Gasteiger partial charge in [0.1, 0.15) is 11.8 Å². The molecule has 4 rings (SSSR count). The fourth-order valence-electron chi connectivity index (χ4n) is 4.42. The molecule has 42 heavy (non-hydrogen) atoms. The summed E-state index contributed by atoms with van der Waals surface area (Å²) in [7, 11) is 0. The van der Waals surface area contributed by atoms with E-state index in [1.54, 1.807) is 24.3 Å². The molecule has 0 unspecified atom stereocenters. The van der Waals surface area contributed by atoms with Gasteiger partial charge in [0.05, 0.1) is 0 Å². The maximum Gasteiger partial charge on any atom is 0.303 e. The van der Waals surface area contributed by atoms with Gasteiger partial charge in [-0.3, -0.25) is 33.9 Å². The topological polar surface area (TPSA) is 190 Å². The van der Waals surface area contributed by atoms with E-state index in [-0.39, 0.29) is 28.8 Å². The maximum atomic E-state index is 13.5. The largest absolute Gasteiger partial charge is 0.455 e. The Hall–Kier alpha value is -4.63. The summed E-state index contributed by atoms with van der Waals surface area (Å²) in [6.45, 7) is 4.68. The zero-order chi connectivity index (χ0) is 30.6. The molecule has 1 aromatic carbocycles. The SMILES string of the molecule is CC(=O)Nc1nc(Cl)c2c(ncn2[C@@H]2O[C@H](C(=O)NCc3ccccc3)[C@@H](OC(C)=O)[C@H](OC(C)=O)[C@H]2OC(C)=O)n1. The van der Waals surface area contributed by atoms with Gasteiger partial charge in [0.2, 0.25) is 11.9 Å². The Kier molecular flexibility index (Phi) is 9.32. The summed E-state index contributed by atoms with van der Waals surface area (Å²) < 4.78 is 23.9. The number of carbonyl (C=O) groups is 5. The standard InChI is InChI=1S/C26H27ClN6O9/c1-12(34)30-26-31-22(27)17-23(32-26)29-11-33(17)25-21(41-15(4)37)19(40-14(3)36)18(39-13(2)35)20(42-25)24(38)28-10-16-8-6-5-7-9-16/h5-9,11,18-21,25H,10H2,1-4H3,(H,28,38)(H,30,31,32,34)/t18-,19-,20-,21+,25+/m0/s1. The number of amides is 2. The van der Waals surface area contributed by atoms with Gasteiger partial charge in [-0.25, -0.2) is 4.98 Å². The van der Waals surface area contributed by atoms with Crippen LogP contribution < -0.4 is 10.6 Å². The first-order chi connectivity index (χ1) is 19.9. The van der Waals surface area contributed by atoms with Crippen molar-refractivity contribution in [1.29, 1.82) is 0 Å². The number of fused-ring (bicyclic) bond motifs is 1. The highest BCUT2D eigenvalue weighted by Gasteiger charge is 2.55. The van der Waals surface area contributed by atoms with Gasteiger partial charge in [0.25, 0.3) is 5.91 Å². The van der Waals surface area contributed by atoms with Gasteiger partial charge < -0.3 is 24.3 Å². The van der Waals surface area contributed by atoms with Crippen molar-refractivity contribution in [3.63, 3.8) is 0 Å². The van der Waals surface area contributed by atoms with Crippen LogP contribution in [0.4, 0.5) is 5.95 Å². The Labute approximate surface area is 243 Å². The van der Waals surface area contributed by atoms with Gasteiger partial charge in [-0.2, -0.15) is 9.97 Å². The van der Waals surface area contributed by atoms with Crippen molar-refractivity contribution in [1.82, 2.24) is 24.8 Å². The van der Waals surface area contributed by atoms with Crippen LogP contribution in [0.25, 0.3) is 11.2 Å². The molecule has 3 aromatic rings. The Morgan fingerprint density at radius 3 is 2.14 bits per heavy atom. The summed E-state index contributed by atoms with van der Waals surface area (Å²) in [4.78, 5) is 74.0. The highest BCUT2D eigenvalue weighted by atomic mass is 35.5. The van der Waals surface area contributed by atoms with Gasteiger partial charge in [-0.05, 0) is 5.56 Å². The minimum atomic E-state index is -1.56. The molecule has 2 amide bonds. The van der Waals surface area contributed by atoms with Crippen molar-refractivity contribution >= 4 is 58.4 Å². The number of anilines is 1. The number of benzene rings is 1. The van der Waals surface area contributed by atoms with E-state index in [0.29, 0.717) is 0 Å². The summed E-state index contributed by atoms with van der Waals surface area (Å²) in [6.07, 6.45) is -6.21. The normalized spacial score (nSPS) is 21.7. The van der Waals surface area contributed by atoms with E-state index in [4.69, 9.17) is 30.5 Å². The van der Waals surface area contributed by atoms with Crippen molar-refractivity contribution in [3.05, 3.63) is 47.4 Å². The molecule has 2 aromatic heterocycles. The van der Waals surface area contributed by atoms with Crippen molar-refractivity contribution < 1.29 is 42.9 Å². The van der Waals surface area contributed by atoms with E-state index in [2.05, 4.69) is 25.6 Å². The van der Waals surface area contributed by atoms with Crippen LogP contribution in [0.2, 0.25) is 5.15 Å². The lowest BCUT2D eigenvalue weighted by atomic mass is 9.96. The van der Waals surface area contributed by atoms with Crippen LogP contribution in [0.5, 0.6) is 0 Å². The smallest absolute Gasteiger partial charge is 0.303 e. The fraction of sp³-hybridized carbons (Fsp3) is 0.385. The first-order valence-electron chi connectivity index (χ1n) is 12.6. The molecule has 0 aliphatic carbocycles. The molecule has 2 N–H and O–H groups in total. The maximum absolute atomic E-state index is 13.5. The number of hydrogen-bond acceptors (Lipinski definition) is 12. The molecule has 0 spiro atoms. The Bertz CT molecular complexity index is 1510. The third-order valence-corrected chi connectivity index (χ3v) is 6.20. The summed E-state index contributed by atoms with van der Waals surface area (Å²) in [6, 6.07) is 9.00. The predicted octanol–water partition coefficient (Wildman–Crippen LogP) is 1.45. The van der Waals surface area contributed by atoms with Crippen molar-refractivity contribution in [2.45, 2.75) is 64.9 Å². The minimum absolute atomic E-state index is 0.0279. The summed E-state index contributed by atoms with van der Waals surface area (Å²) in [5, 5.41) is 4.97. The second-order valence-corrected chi connectivity index (χ2v) is 9.57. The summed E-state index contributed by atoms with van der Waals surface area (Å²) in [5.74, 6) is -3.68. The number of halogens is 1. The average Bonchev–Trinajstić information content (AvgIpc) is 3.33. The van der Waals surface area contributed by atoms with E-state index in [0.717, 1.165) is 26.3 Å². The summed E-state index contributed by atoms with van der Waals surface area (Å²) in [5.41, 5.74) is 0.889. The highest BCUT2D eigenvalue weighted by Crippen LogP contribution is 2.37. The second-order valence-electron chi connectivity index (χ2n) is 9.22. The molecule has 1 saturated heterocycles. The zero-order valence-corrected chi connectivity index (χ0v) is 23.7. The number of carbonyl (C=O) groups excluding carboxylic acids is 5. The number of nitrogens with one attached hydrogen (secondary N) is 2. The lowest BCUT2D eigenvalue weighted by Crippen LogP contribution is -2.62. The third kappa shape index (κ3) is 6.98. The number of rotatable bonds is 8. The first kappa shape index (κ1) is 30.3. The monoisotopic (exact) mass is 602 g/mol. The number of nitrogens with zero attached hydrogens (tertiary/aromatic N) is 4. The molecule has 1 aliphatic heterocycles. The van der Waals surface area contributed by atoms with Gasteiger partial charge in [-0.15, -0.1) is 0 Å². The number of aromatic nitrogens is 4.